The van der Waals surface area contributed by atoms with E-state index in [1.54, 1.807) is 65.3 Å². The van der Waals surface area contributed by atoms with Gasteiger partial charge in [0.15, 0.2) is 5.78 Å². The minimum absolute atomic E-state index is 0.0200. The van der Waals surface area contributed by atoms with Gasteiger partial charge in [-0.05, 0) is 29.3 Å². The lowest BCUT2D eigenvalue weighted by molar-refractivity contribution is -0.113. The number of hydrogen-bond donors (Lipinski definition) is 2. The third kappa shape index (κ3) is 6.19. The number of ketones is 1. The van der Waals surface area contributed by atoms with Gasteiger partial charge >= 0.3 is 0 Å². The molecule has 0 saturated carbocycles. The number of amides is 1. The highest BCUT2D eigenvalue weighted by atomic mass is 35.5. The van der Waals surface area contributed by atoms with Gasteiger partial charge in [0.05, 0.1) is 12.5 Å². The second-order valence-corrected chi connectivity index (χ2v) is 12.7. The van der Waals surface area contributed by atoms with Crippen LogP contribution in [0.1, 0.15) is 33.6 Å². The van der Waals surface area contributed by atoms with E-state index in [1.807, 2.05) is 4.72 Å². The summed E-state index contributed by atoms with van der Waals surface area (Å²) in [7, 11) is -7.40. The van der Waals surface area contributed by atoms with E-state index >= 15 is 0 Å². The van der Waals surface area contributed by atoms with Crippen LogP contribution in [0.2, 0.25) is 5.02 Å². The Bertz CT molecular complexity index is 1700. The SMILES string of the molecule is CS(=O)(=O)NCc1ccccc1Cn1c(C(=O)NS(C)(=O)=O)c(C2=CC=CCC2=O)c2cc(Cl)ccc21. The van der Waals surface area contributed by atoms with Gasteiger partial charge in [0.1, 0.15) is 5.69 Å². The van der Waals surface area contributed by atoms with Crippen molar-refractivity contribution in [3.8, 4) is 0 Å². The molecule has 2 aromatic carbocycles. The first kappa shape index (κ1) is 26.8. The largest absolute Gasteiger partial charge is 0.331 e. The predicted molar refractivity (Wildman–Crippen MR) is 143 cm³/mol. The zero-order chi connectivity index (χ0) is 27.0. The topological polar surface area (TPSA) is 131 Å². The van der Waals surface area contributed by atoms with Crippen LogP contribution in [0.3, 0.4) is 0 Å². The summed E-state index contributed by atoms with van der Waals surface area (Å²) in [5.41, 5.74) is 2.42. The summed E-state index contributed by atoms with van der Waals surface area (Å²) >= 11 is 6.29. The van der Waals surface area contributed by atoms with E-state index in [0.717, 1.165) is 12.5 Å². The van der Waals surface area contributed by atoms with Gasteiger partial charge < -0.3 is 4.57 Å². The molecule has 1 aliphatic carbocycles. The van der Waals surface area contributed by atoms with E-state index in [4.69, 9.17) is 11.6 Å². The molecule has 0 fully saturated rings. The van der Waals surface area contributed by atoms with Gasteiger partial charge in [-0.2, -0.15) is 0 Å². The summed E-state index contributed by atoms with van der Waals surface area (Å²) in [6.45, 7) is 0.107. The fourth-order valence-electron chi connectivity index (χ4n) is 4.24. The van der Waals surface area contributed by atoms with Crippen molar-refractivity contribution in [1.29, 1.82) is 0 Å². The highest BCUT2D eigenvalue weighted by Gasteiger charge is 2.29. The van der Waals surface area contributed by atoms with Gasteiger partial charge in [-0.25, -0.2) is 26.3 Å². The fourth-order valence-corrected chi connectivity index (χ4v) is 5.27. The maximum absolute atomic E-state index is 13.4. The zero-order valence-electron chi connectivity index (χ0n) is 20.0. The molecule has 0 unspecified atom stereocenters. The number of nitrogens with one attached hydrogen (secondary N) is 2. The Morgan fingerprint density at radius 3 is 2.38 bits per heavy atom. The lowest BCUT2D eigenvalue weighted by atomic mass is 9.93. The lowest BCUT2D eigenvalue weighted by Gasteiger charge is -2.16. The van der Waals surface area contributed by atoms with Crippen LogP contribution in [0.4, 0.5) is 0 Å². The number of fused-ring (bicyclic) bond motifs is 1. The minimum atomic E-state index is -3.93. The van der Waals surface area contributed by atoms with Gasteiger partial charge in [-0.15, -0.1) is 0 Å². The number of halogens is 1. The molecule has 0 atom stereocenters. The number of nitrogens with zero attached hydrogens (tertiary/aromatic N) is 1. The number of carbonyl (C=O) groups is 2. The van der Waals surface area contributed by atoms with Crippen molar-refractivity contribution in [3.63, 3.8) is 0 Å². The standard InChI is InChI=1S/C25H24ClN3O6S2/c1-36(32,33)27-14-16-7-3-4-8-17(16)15-29-21-12-11-18(26)13-20(21)23(19-9-5-6-10-22(19)30)24(29)25(31)28-37(2,34)35/h3-9,11-13,27H,10,14-15H2,1-2H3,(H,28,31). The van der Waals surface area contributed by atoms with Gasteiger partial charge in [0.2, 0.25) is 20.0 Å². The number of hydrogen-bond acceptors (Lipinski definition) is 6. The van der Waals surface area contributed by atoms with E-state index in [1.165, 1.54) is 0 Å². The maximum atomic E-state index is 13.4. The van der Waals surface area contributed by atoms with E-state index < -0.39 is 26.0 Å². The molecule has 12 heteroatoms. The Morgan fingerprint density at radius 2 is 1.73 bits per heavy atom. The molecule has 1 aliphatic rings. The predicted octanol–water partition coefficient (Wildman–Crippen LogP) is 2.99. The molecular weight excluding hydrogens is 538 g/mol. The van der Waals surface area contributed by atoms with Gasteiger partial charge in [0.25, 0.3) is 5.91 Å². The molecular formula is C25H24ClN3O6S2. The fraction of sp³-hybridized carbons (Fsp3) is 0.200. The lowest BCUT2D eigenvalue weighted by Crippen LogP contribution is -2.32. The highest BCUT2D eigenvalue weighted by molar-refractivity contribution is 7.89. The number of allylic oxidation sites excluding steroid dienone is 4. The Balaban J connectivity index is 1.98. The molecule has 0 bridgehead atoms. The first-order valence-electron chi connectivity index (χ1n) is 11.1. The average Bonchev–Trinajstić information content (AvgIpc) is 3.10. The number of Topliss-reactive ketones (excluding diaryl/α,β-unsaturated/α-hetero) is 1. The van der Waals surface area contributed by atoms with E-state index in [9.17, 15) is 26.4 Å². The first-order chi connectivity index (χ1) is 17.3. The quantitative estimate of drug-likeness (QED) is 0.434. The van der Waals surface area contributed by atoms with Crippen LogP contribution in [0.5, 0.6) is 0 Å². The molecule has 37 heavy (non-hydrogen) atoms. The van der Waals surface area contributed by atoms with Crippen molar-refractivity contribution in [2.45, 2.75) is 19.5 Å². The number of aromatic nitrogens is 1. The highest BCUT2D eigenvalue weighted by Crippen LogP contribution is 2.36. The first-order valence-corrected chi connectivity index (χ1v) is 15.3. The summed E-state index contributed by atoms with van der Waals surface area (Å²) in [5.74, 6) is -1.13. The van der Waals surface area contributed by atoms with Gasteiger partial charge in [0, 0.05) is 46.6 Å². The number of benzene rings is 2. The van der Waals surface area contributed by atoms with Crippen LogP contribution < -0.4 is 9.44 Å². The van der Waals surface area contributed by atoms with Crippen LogP contribution >= 0.6 is 11.6 Å². The molecule has 0 aliphatic heterocycles. The smallest absolute Gasteiger partial charge is 0.282 e. The molecule has 0 saturated heterocycles. The third-order valence-electron chi connectivity index (χ3n) is 5.76. The molecule has 3 aromatic rings. The van der Waals surface area contributed by atoms with Gasteiger partial charge in [-0.3, -0.25) is 9.59 Å². The van der Waals surface area contributed by atoms with Crippen LogP contribution in [0, 0.1) is 0 Å². The van der Waals surface area contributed by atoms with Crippen molar-refractivity contribution < 1.29 is 26.4 Å². The number of sulfonamides is 2. The summed E-state index contributed by atoms with van der Waals surface area (Å²) in [6, 6.07) is 12.0. The Kier molecular flexibility index (Phi) is 7.43. The van der Waals surface area contributed by atoms with Crippen molar-refractivity contribution in [2.24, 2.45) is 0 Å². The van der Waals surface area contributed by atoms with Crippen LogP contribution in [-0.4, -0.2) is 45.6 Å². The second kappa shape index (κ2) is 10.3. The zero-order valence-corrected chi connectivity index (χ0v) is 22.4. The monoisotopic (exact) mass is 561 g/mol. The van der Waals surface area contributed by atoms with E-state index in [0.29, 0.717) is 27.1 Å². The molecule has 9 nitrogen and oxygen atoms in total. The molecule has 194 valence electrons. The average molecular weight is 562 g/mol. The number of rotatable bonds is 8. The second-order valence-electron chi connectivity index (χ2n) is 8.67. The van der Waals surface area contributed by atoms with Gasteiger partial charge in [-0.1, -0.05) is 54.1 Å². The summed E-state index contributed by atoms with van der Waals surface area (Å²) in [6.07, 6.45) is 7.05. The van der Waals surface area contributed by atoms with Crippen molar-refractivity contribution in [3.05, 3.63) is 88.1 Å². The van der Waals surface area contributed by atoms with E-state index in [-0.39, 0.29) is 42.1 Å². The number of carbonyl (C=O) groups excluding carboxylic acids is 2. The molecule has 0 radical (unpaired) electrons. The molecule has 0 spiro atoms. The van der Waals surface area contributed by atoms with Crippen LogP contribution in [-0.2, 0) is 37.9 Å². The molecule has 1 aromatic heterocycles. The maximum Gasteiger partial charge on any atom is 0.282 e. The summed E-state index contributed by atoms with van der Waals surface area (Å²) < 4.78 is 53.5. The Morgan fingerprint density at radius 1 is 1.03 bits per heavy atom. The molecule has 1 heterocycles. The van der Waals surface area contributed by atoms with Crippen molar-refractivity contribution in [2.75, 3.05) is 12.5 Å². The van der Waals surface area contributed by atoms with Crippen molar-refractivity contribution in [1.82, 2.24) is 14.0 Å². The minimum Gasteiger partial charge on any atom is -0.331 e. The van der Waals surface area contributed by atoms with Crippen molar-refractivity contribution >= 4 is 59.8 Å². The summed E-state index contributed by atoms with van der Waals surface area (Å²) in [4.78, 5) is 26.4. The van der Waals surface area contributed by atoms with Crippen LogP contribution in [0.25, 0.3) is 16.5 Å². The molecule has 4 rings (SSSR count). The summed E-state index contributed by atoms with van der Waals surface area (Å²) in [5, 5.41) is 0.880. The van der Waals surface area contributed by atoms with E-state index in [2.05, 4.69) is 4.72 Å². The Hall–Kier alpha value is -3.25. The molecule has 2 N–H and O–H groups in total. The Labute approximate surface area is 219 Å². The third-order valence-corrected chi connectivity index (χ3v) is 7.22. The van der Waals surface area contributed by atoms with Crippen LogP contribution in [0.15, 0.2) is 60.7 Å². The molecule has 1 amide bonds. The normalized spacial score (nSPS) is 14.1.